The van der Waals surface area contributed by atoms with Gasteiger partial charge in [0.2, 0.25) is 0 Å². The average molecular weight is 923 g/mol. The summed E-state index contributed by atoms with van der Waals surface area (Å²) in [5.74, 6) is 0. The van der Waals surface area contributed by atoms with Gasteiger partial charge in [-0.2, -0.15) is 0 Å². The van der Waals surface area contributed by atoms with Crippen molar-refractivity contribution in [3.05, 3.63) is 242 Å². The summed E-state index contributed by atoms with van der Waals surface area (Å²) in [6.45, 7) is 0. The van der Waals surface area contributed by atoms with Gasteiger partial charge >= 0.3 is 0 Å². The number of hydrogen-bond acceptors (Lipinski definition) is 6. The lowest BCUT2D eigenvalue weighted by Gasteiger charge is -2.09. The first kappa shape index (κ1) is 42.2. The van der Waals surface area contributed by atoms with Crippen LogP contribution >= 0.6 is 0 Å². The zero-order valence-electron chi connectivity index (χ0n) is 38.8. The normalized spacial score (nSPS) is 11.8. The molecule has 2 N–H and O–H groups in total. The Balaban J connectivity index is 1.09. The van der Waals surface area contributed by atoms with Crippen LogP contribution in [0.4, 0.5) is 0 Å². The van der Waals surface area contributed by atoms with Crippen LogP contribution in [0.15, 0.2) is 219 Å². The summed E-state index contributed by atoms with van der Waals surface area (Å²) in [5, 5.41) is 0. The summed E-state index contributed by atoms with van der Waals surface area (Å²) in [4.78, 5) is 35.9. The Morgan fingerprint density at radius 1 is 0.194 bits per heavy atom. The van der Waals surface area contributed by atoms with Crippen molar-refractivity contribution >= 4 is 46.4 Å². The largest absolute Gasteiger partial charge is 0.354 e. The van der Waals surface area contributed by atoms with Crippen LogP contribution in [0.2, 0.25) is 0 Å². The molecule has 0 spiro atoms. The number of H-pyrrole nitrogens is 2. The van der Waals surface area contributed by atoms with E-state index in [-0.39, 0.29) is 0 Å². The minimum atomic E-state index is 0.822. The van der Waals surface area contributed by atoms with Crippen molar-refractivity contribution in [3.8, 4) is 89.0 Å². The lowest BCUT2D eigenvalue weighted by atomic mass is 9.98. The smallest absolute Gasteiger partial charge is 0.0738 e. The second kappa shape index (κ2) is 18.2. The molecular weight excluding hydrogens is 881 g/mol. The van der Waals surface area contributed by atoms with Crippen molar-refractivity contribution in [2.24, 2.45) is 0 Å². The van der Waals surface area contributed by atoms with Gasteiger partial charge in [0, 0.05) is 93.9 Å². The van der Waals surface area contributed by atoms with Crippen LogP contribution in [0.25, 0.3) is 135 Å². The van der Waals surface area contributed by atoms with E-state index in [4.69, 9.17) is 9.97 Å². The molecule has 4 aromatic carbocycles. The molecule has 0 unspecified atom stereocenters. The molecule has 338 valence electrons. The molecule has 0 saturated carbocycles. The first-order chi connectivity index (χ1) is 35.7. The van der Waals surface area contributed by atoms with Crippen LogP contribution in [0, 0.1) is 0 Å². The lowest BCUT2D eigenvalue weighted by molar-refractivity contribution is 1.28. The molecule has 9 heterocycles. The highest BCUT2D eigenvalue weighted by molar-refractivity contribution is 6.01. The van der Waals surface area contributed by atoms with E-state index in [2.05, 4.69) is 176 Å². The number of pyridine rings is 4. The minimum Gasteiger partial charge on any atom is -0.354 e. The quantitative estimate of drug-likeness (QED) is 0.157. The van der Waals surface area contributed by atoms with Gasteiger partial charge in [0.25, 0.3) is 0 Å². The molecule has 0 saturated heterocycles. The number of nitrogens with one attached hydrogen (secondary N) is 2. The molecule has 8 bridgehead atoms. The van der Waals surface area contributed by atoms with E-state index in [1.807, 2.05) is 98.1 Å². The van der Waals surface area contributed by atoms with Gasteiger partial charge in [-0.05, 0) is 164 Å². The van der Waals surface area contributed by atoms with Crippen molar-refractivity contribution < 1.29 is 0 Å². The molecule has 0 fully saturated rings. The summed E-state index contributed by atoms with van der Waals surface area (Å²) in [5.41, 5.74) is 24.0. The third kappa shape index (κ3) is 7.98. The van der Waals surface area contributed by atoms with E-state index in [1.165, 1.54) is 0 Å². The molecule has 0 amide bonds. The number of aromatic amines is 2. The Morgan fingerprint density at radius 2 is 0.403 bits per heavy atom. The molecule has 0 radical (unpaired) electrons. The Kier molecular flexibility index (Phi) is 10.7. The van der Waals surface area contributed by atoms with Crippen LogP contribution < -0.4 is 0 Å². The molecule has 2 aliphatic heterocycles. The van der Waals surface area contributed by atoms with Gasteiger partial charge in [0.15, 0.2) is 0 Å². The first-order valence-electron chi connectivity index (χ1n) is 23.9. The van der Waals surface area contributed by atoms with E-state index >= 15 is 0 Å². The SMILES string of the molecule is C1=Cc2nc1c(-c1ccc(-c3ccncc3)cc1)c1nc(c(-c3ccc(-c4ccncc4)cc3)c3ccc([nH]3)c(-c3ccc(-c4ccncc4)cc3)c3ccc([nH]3)c2-c2ccc(-c3ccncc3)cc2)C=C1. The van der Waals surface area contributed by atoms with E-state index in [0.29, 0.717) is 0 Å². The standard InChI is InChI=1S/C64H42N8/c1-9-49(10-2-41(1)45-25-33-65-34-26-45)61-53-17-19-55(69-53)62(50-11-3-42(4-12-50)46-27-35-66-36-28-46)57-21-23-59(71-57)64(52-15-7-44(8-16-52)48-31-39-68-40-32-48)60-24-22-58(72-60)63(56-20-18-54(61)70-56)51-13-5-43(6-14-51)47-29-37-67-38-30-47/h1-40,69-70H. The highest BCUT2D eigenvalue weighted by atomic mass is 14.8. The van der Waals surface area contributed by atoms with E-state index in [9.17, 15) is 0 Å². The summed E-state index contributed by atoms with van der Waals surface area (Å²) in [7, 11) is 0. The maximum atomic E-state index is 5.55. The average Bonchev–Trinajstić information content (AvgIpc) is 4.32. The van der Waals surface area contributed by atoms with Gasteiger partial charge in [0.1, 0.15) is 0 Å². The monoisotopic (exact) mass is 922 g/mol. The van der Waals surface area contributed by atoms with Crippen molar-refractivity contribution in [3.63, 3.8) is 0 Å². The molecule has 8 nitrogen and oxygen atoms in total. The van der Waals surface area contributed by atoms with E-state index in [0.717, 1.165) is 134 Å². The minimum absolute atomic E-state index is 0.822. The maximum Gasteiger partial charge on any atom is 0.0738 e. The molecule has 0 atom stereocenters. The van der Waals surface area contributed by atoms with Gasteiger partial charge in [-0.3, -0.25) is 19.9 Å². The predicted molar refractivity (Wildman–Crippen MR) is 294 cm³/mol. The van der Waals surface area contributed by atoms with Crippen LogP contribution in [0.5, 0.6) is 0 Å². The number of nitrogens with zero attached hydrogens (tertiary/aromatic N) is 6. The van der Waals surface area contributed by atoms with Crippen LogP contribution in [0.3, 0.4) is 0 Å². The number of fused-ring (bicyclic) bond motifs is 8. The fourth-order valence-electron chi connectivity index (χ4n) is 9.92. The second-order valence-electron chi connectivity index (χ2n) is 17.8. The number of aromatic nitrogens is 8. The third-order valence-corrected chi connectivity index (χ3v) is 13.5. The zero-order chi connectivity index (χ0) is 47.8. The second-order valence-corrected chi connectivity index (χ2v) is 17.8. The van der Waals surface area contributed by atoms with Gasteiger partial charge in [-0.25, -0.2) is 9.97 Å². The summed E-state index contributed by atoms with van der Waals surface area (Å²) in [6.07, 6.45) is 23.2. The molecule has 0 aliphatic carbocycles. The van der Waals surface area contributed by atoms with Gasteiger partial charge in [0.05, 0.1) is 22.8 Å². The van der Waals surface area contributed by atoms with Crippen molar-refractivity contribution in [1.82, 2.24) is 39.9 Å². The van der Waals surface area contributed by atoms with Gasteiger partial charge < -0.3 is 9.97 Å². The van der Waals surface area contributed by atoms with Crippen LogP contribution in [-0.4, -0.2) is 39.9 Å². The van der Waals surface area contributed by atoms with E-state index in [1.54, 1.807) is 0 Å². The number of rotatable bonds is 8. The maximum absolute atomic E-state index is 5.55. The lowest BCUT2D eigenvalue weighted by Crippen LogP contribution is -1.91. The fraction of sp³-hybridized carbons (Fsp3) is 0. The van der Waals surface area contributed by atoms with Gasteiger partial charge in [-0.15, -0.1) is 0 Å². The van der Waals surface area contributed by atoms with Crippen molar-refractivity contribution in [2.75, 3.05) is 0 Å². The molecule has 13 rings (SSSR count). The summed E-state index contributed by atoms with van der Waals surface area (Å²) >= 11 is 0. The number of benzene rings is 4. The van der Waals surface area contributed by atoms with E-state index < -0.39 is 0 Å². The van der Waals surface area contributed by atoms with Crippen molar-refractivity contribution in [2.45, 2.75) is 0 Å². The molecule has 2 aliphatic rings. The van der Waals surface area contributed by atoms with Crippen LogP contribution in [-0.2, 0) is 0 Å². The molecule has 11 aromatic rings. The molecular formula is C64H42N8. The fourth-order valence-corrected chi connectivity index (χ4v) is 9.92. The predicted octanol–water partition coefficient (Wildman–Crippen LogP) is 15.6. The first-order valence-corrected chi connectivity index (χ1v) is 23.9. The van der Waals surface area contributed by atoms with Crippen molar-refractivity contribution in [1.29, 1.82) is 0 Å². The summed E-state index contributed by atoms with van der Waals surface area (Å²) in [6, 6.07) is 59.9. The summed E-state index contributed by atoms with van der Waals surface area (Å²) < 4.78 is 0. The third-order valence-electron chi connectivity index (χ3n) is 13.5. The molecule has 8 heteroatoms. The van der Waals surface area contributed by atoms with Crippen LogP contribution in [0.1, 0.15) is 22.8 Å². The number of hydrogen-bond donors (Lipinski definition) is 2. The van der Waals surface area contributed by atoms with Gasteiger partial charge in [-0.1, -0.05) is 97.1 Å². The molecule has 72 heavy (non-hydrogen) atoms. The Hall–Kier alpha value is -9.92. The zero-order valence-corrected chi connectivity index (χ0v) is 38.8. The molecule has 7 aromatic heterocycles. The topological polar surface area (TPSA) is 109 Å². The highest BCUT2D eigenvalue weighted by Gasteiger charge is 2.20. The Bertz CT molecular complexity index is 3830. The Morgan fingerprint density at radius 3 is 0.694 bits per heavy atom. The Labute approximate surface area is 415 Å². The highest BCUT2D eigenvalue weighted by Crippen LogP contribution is 2.40.